The van der Waals surface area contributed by atoms with Gasteiger partial charge in [0, 0.05) is 44.8 Å². The lowest BCUT2D eigenvalue weighted by atomic mass is 10.2. The second-order valence-corrected chi connectivity index (χ2v) is 13.7. The maximum atomic E-state index is 13.8. The normalized spacial score (nSPS) is 13.8. The van der Waals surface area contributed by atoms with E-state index < -0.39 is 13.7 Å². The zero-order valence-corrected chi connectivity index (χ0v) is 27.8. The molecule has 14 heteroatoms. The lowest BCUT2D eigenvalue weighted by molar-refractivity contribution is 0.0945. The zero-order chi connectivity index (χ0) is 33.3. The number of hydrogen-bond donors (Lipinski definition) is 2. The van der Waals surface area contributed by atoms with Crippen LogP contribution in [0.4, 0.5) is 5.82 Å². The van der Waals surface area contributed by atoms with Gasteiger partial charge in [-0.2, -0.15) is 0 Å². The third kappa shape index (κ3) is 8.62. The van der Waals surface area contributed by atoms with Gasteiger partial charge in [-0.15, -0.1) is 11.3 Å². The molecule has 0 unspecified atom stereocenters. The van der Waals surface area contributed by atoms with Crippen LogP contribution < -0.4 is 20.5 Å². The number of anilines is 1. The average Bonchev–Trinajstić information content (AvgIpc) is 3.57. The summed E-state index contributed by atoms with van der Waals surface area (Å²) < 4.78 is 31.9. The molecule has 0 spiro atoms. The van der Waals surface area contributed by atoms with E-state index in [9.17, 15) is 14.2 Å². The van der Waals surface area contributed by atoms with E-state index in [1.165, 1.54) is 23.7 Å². The number of carbonyl (C=O) groups is 2. The predicted molar refractivity (Wildman–Crippen MR) is 184 cm³/mol. The van der Waals surface area contributed by atoms with Crippen molar-refractivity contribution in [1.29, 1.82) is 0 Å². The molecule has 0 saturated carbocycles. The predicted octanol–water partition coefficient (Wildman–Crippen LogP) is 5.26. The summed E-state index contributed by atoms with van der Waals surface area (Å²) in [6.45, 7) is 4.18. The molecule has 1 saturated heterocycles. The number of amides is 2. The number of hydrogen-bond acceptors (Lipinski definition) is 11. The van der Waals surface area contributed by atoms with E-state index in [0.29, 0.717) is 29.0 Å². The van der Waals surface area contributed by atoms with Gasteiger partial charge in [0.05, 0.1) is 28.3 Å². The number of aromatic nitrogens is 2. The Hall–Kier alpha value is -4.65. The van der Waals surface area contributed by atoms with E-state index >= 15 is 0 Å². The van der Waals surface area contributed by atoms with Crippen molar-refractivity contribution in [3.8, 4) is 5.75 Å². The lowest BCUT2D eigenvalue weighted by Gasteiger charge is -2.35. The third-order valence-electron chi connectivity index (χ3n) is 7.70. The summed E-state index contributed by atoms with van der Waals surface area (Å²) in [5, 5.41) is 2.97. The molecule has 2 amide bonds. The summed E-state index contributed by atoms with van der Waals surface area (Å²) in [5.41, 5.74) is 8.15. The molecule has 5 aromatic rings. The van der Waals surface area contributed by atoms with Gasteiger partial charge >= 0.3 is 7.82 Å². The maximum Gasteiger partial charge on any atom is 0.530 e. The third-order valence-corrected chi connectivity index (χ3v) is 10.2. The Bertz CT molecular complexity index is 1860. The molecule has 248 valence electrons. The number of primary amides is 1. The number of nitrogens with one attached hydrogen (secondary N) is 1. The molecular formula is C34H35N6O6PS. The summed E-state index contributed by atoms with van der Waals surface area (Å²) in [4.78, 5) is 38.4. The second kappa shape index (κ2) is 15.5. The van der Waals surface area contributed by atoms with Crippen molar-refractivity contribution in [2.75, 3.05) is 44.2 Å². The van der Waals surface area contributed by atoms with Gasteiger partial charge in [-0.05, 0) is 35.4 Å². The van der Waals surface area contributed by atoms with Crippen molar-refractivity contribution in [3.05, 3.63) is 119 Å². The molecule has 1 aliphatic rings. The lowest BCUT2D eigenvalue weighted by Crippen LogP contribution is -2.48. The van der Waals surface area contributed by atoms with Crippen LogP contribution in [-0.4, -0.2) is 66.0 Å². The molecule has 12 nitrogen and oxygen atoms in total. The fourth-order valence-electron chi connectivity index (χ4n) is 5.17. The monoisotopic (exact) mass is 686 g/mol. The second-order valence-electron chi connectivity index (χ2n) is 11.1. The number of phosphoric acid groups is 1. The van der Waals surface area contributed by atoms with Gasteiger partial charge in [0.1, 0.15) is 17.9 Å². The molecule has 3 N–H and O–H groups in total. The highest BCUT2D eigenvalue weighted by Gasteiger charge is 2.30. The Balaban J connectivity index is 1.02. The van der Waals surface area contributed by atoms with Gasteiger partial charge < -0.3 is 20.5 Å². The molecule has 0 atom stereocenters. The van der Waals surface area contributed by atoms with Crippen LogP contribution in [0.1, 0.15) is 31.2 Å². The van der Waals surface area contributed by atoms with Crippen molar-refractivity contribution < 1.29 is 27.7 Å². The molecule has 0 bridgehead atoms. The number of nitrogens with zero attached hydrogens (tertiary/aromatic N) is 4. The minimum absolute atomic E-state index is 0.0228. The van der Waals surface area contributed by atoms with E-state index in [4.69, 9.17) is 19.3 Å². The van der Waals surface area contributed by atoms with Crippen molar-refractivity contribution in [2.45, 2.75) is 13.2 Å². The Morgan fingerprint density at radius 3 is 2.17 bits per heavy atom. The Labute approximate surface area is 282 Å². The largest absolute Gasteiger partial charge is 0.530 e. The zero-order valence-electron chi connectivity index (χ0n) is 26.1. The van der Waals surface area contributed by atoms with Crippen molar-refractivity contribution in [3.63, 3.8) is 0 Å². The summed E-state index contributed by atoms with van der Waals surface area (Å²) >= 11 is 1.31. The number of thiophene rings is 1. The van der Waals surface area contributed by atoms with Gasteiger partial charge in [0.15, 0.2) is 0 Å². The number of piperazine rings is 1. The van der Waals surface area contributed by atoms with Gasteiger partial charge in [0.25, 0.3) is 11.8 Å². The quantitative estimate of drug-likeness (QED) is 0.148. The Morgan fingerprint density at radius 2 is 1.52 bits per heavy atom. The molecule has 48 heavy (non-hydrogen) atoms. The molecule has 3 heterocycles. The van der Waals surface area contributed by atoms with Crippen molar-refractivity contribution in [1.82, 2.24) is 20.2 Å². The SMILES string of the molecule is NC(=O)c1cc2ncnc(N3CCN(CCNC(=O)c4cccc(OP(=O)(OCc5ccccc5)OCc5ccccc5)c4)CC3)c2s1. The highest BCUT2D eigenvalue weighted by Crippen LogP contribution is 2.51. The van der Waals surface area contributed by atoms with Gasteiger partial charge in [-0.3, -0.25) is 23.5 Å². The fourth-order valence-corrected chi connectivity index (χ4v) is 7.32. The Kier molecular flexibility index (Phi) is 10.7. The minimum Gasteiger partial charge on any atom is -0.404 e. The number of benzene rings is 3. The standard InChI is InChI=1S/C34H35N6O6PS/c35-32(41)30-21-29-31(48-30)33(38-24-37-29)40-18-16-39(17-19-40)15-14-36-34(42)27-12-7-13-28(20-27)46-47(43,44-22-25-8-3-1-4-9-25)45-23-26-10-5-2-6-11-26/h1-13,20-21,24H,14-19,22-23H2,(H2,35,41)(H,36,42). The van der Waals surface area contributed by atoms with Crippen LogP contribution >= 0.6 is 19.2 Å². The first-order valence-electron chi connectivity index (χ1n) is 15.4. The highest BCUT2D eigenvalue weighted by atomic mass is 32.1. The summed E-state index contributed by atoms with van der Waals surface area (Å²) in [7, 11) is -4.08. The van der Waals surface area contributed by atoms with Crippen molar-refractivity contribution >= 4 is 47.0 Å². The summed E-state index contributed by atoms with van der Waals surface area (Å²) in [5.74, 6) is 0.232. The van der Waals surface area contributed by atoms with E-state index in [2.05, 4.69) is 25.1 Å². The maximum absolute atomic E-state index is 13.8. The number of rotatable bonds is 14. The van der Waals surface area contributed by atoms with E-state index in [0.717, 1.165) is 47.8 Å². The molecule has 2 aromatic heterocycles. The molecular weight excluding hydrogens is 651 g/mol. The molecule has 6 rings (SSSR count). The highest BCUT2D eigenvalue weighted by molar-refractivity contribution is 7.48. The molecule has 1 aliphatic heterocycles. The van der Waals surface area contributed by atoms with Crippen molar-refractivity contribution in [2.24, 2.45) is 5.73 Å². The molecule has 3 aromatic carbocycles. The first-order chi connectivity index (χ1) is 23.3. The van der Waals surface area contributed by atoms with Gasteiger partial charge in [0.2, 0.25) is 0 Å². The summed E-state index contributed by atoms with van der Waals surface area (Å²) in [6, 6.07) is 26.8. The van der Waals surface area contributed by atoms with Crippen LogP contribution in [0, 0.1) is 0 Å². The summed E-state index contributed by atoms with van der Waals surface area (Å²) in [6.07, 6.45) is 1.51. The number of phosphoric ester groups is 1. The molecule has 1 fully saturated rings. The number of carbonyl (C=O) groups excluding carboxylic acids is 2. The number of fused-ring (bicyclic) bond motifs is 1. The topological polar surface area (TPSA) is 149 Å². The number of nitrogens with two attached hydrogens (primary N) is 1. The van der Waals surface area contributed by atoms with Crippen LogP contribution in [0.3, 0.4) is 0 Å². The Morgan fingerprint density at radius 1 is 0.854 bits per heavy atom. The first kappa shape index (κ1) is 33.3. The van der Waals surface area contributed by atoms with E-state index in [1.54, 1.807) is 24.3 Å². The average molecular weight is 687 g/mol. The minimum atomic E-state index is -4.08. The smallest absolute Gasteiger partial charge is 0.404 e. The van der Waals surface area contributed by atoms with E-state index in [-0.39, 0.29) is 24.9 Å². The fraction of sp³-hybridized carbons (Fsp3) is 0.235. The van der Waals surface area contributed by atoms with Crippen LogP contribution in [0.2, 0.25) is 0 Å². The first-order valence-corrected chi connectivity index (χ1v) is 17.7. The molecule has 0 aliphatic carbocycles. The molecule has 0 radical (unpaired) electrons. The van der Waals surface area contributed by atoms with E-state index in [1.807, 2.05) is 60.7 Å². The van der Waals surface area contributed by atoms with Gasteiger partial charge in [-0.1, -0.05) is 66.7 Å². The van der Waals surface area contributed by atoms with Crippen LogP contribution in [-0.2, 0) is 26.8 Å². The van der Waals surface area contributed by atoms with Gasteiger partial charge in [-0.25, -0.2) is 14.5 Å². The van der Waals surface area contributed by atoms with Crippen LogP contribution in [0.25, 0.3) is 10.2 Å². The van der Waals surface area contributed by atoms with Crippen LogP contribution in [0.15, 0.2) is 97.3 Å². The van der Waals surface area contributed by atoms with Crippen LogP contribution in [0.5, 0.6) is 5.75 Å².